The molecule has 0 aliphatic carbocycles. The fourth-order valence-electron chi connectivity index (χ4n) is 7.49. The van der Waals surface area contributed by atoms with Gasteiger partial charge in [0.25, 0.3) is 0 Å². The number of aryl methyl sites for hydroxylation is 4. The van der Waals surface area contributed by atoms with Gasteiger partial charge in [0, 0.05) is 29.2 Å². The fraction of sp³-hybridized carbons (Fsp3) is 0.422. The maximum atomic E-state index is 14.6. The number of alkyl halides is 6. The second-order valence-corrected chi connectivity index (χ2v) is 16.3. The molecule has 4 nitrogen and oxygen atoms in total. The standard InChI is InChI=1S/C45H51ClF6N4/c1-25(2)32-19-29(8)39(30(9)20-32)43(54-41-36(26(3)4)13-11-14-37(41)27(5)6)56-16-12-15-55(24-56)42(33-21-34(44(47,48)49)23-35(46)22-33)53-40-31(10)17-28(7)18-38(40)45(50,51)52/h11,13-14,17-23,25-27H,12,15-16,24H2,1-10H3. The van der Waals surface area contributed by atoms with Gasteiger partial charge in [0.15, 0.2) is 0 Å². The van der Waals surface area contributed by atoms with E-state index < -0.39 is 23.5 Å². The molecular weight excluding hydrogens is 746 g/mol. The van der Waals surface area contributed by atoms with Gasteiger partial charge in [0.05, 0.1) is 29.2 Å². The highest BCUT2D eigenvalue weighted by Crippen LogP contribution is 2.41. The van der Waals surface area contributed by atoms with Crippen molar-refractivity contribution in [3.63, 3.8) is 0 Å². The van der Waals surface area contributed by atoms with E-state index in [0.29, 0.717) is 30.9 Å². The van der Waals surface area contributed by atoms with Crippen molar-refractivity contribution in [2.75, 3.05) is 19.8 Å². The molecule has 0 unspecified atom stereocenters. The van der Waals surface area contributed by atoms with E-state index in [4.69, 9.17) is 16.6 Å². The molecule has 5 rings (SSSR count). The Morgan fingerprint density at radius 3 is 1.71 bits per heavy atom. The lowest BCUT2D eigenvalue weighted by Crippen LogP contribution is -2.50. The lowest BCUT2D eigenvalue weighted by molar-refractivity contribution is -0.138. The van der Waals surface area contributed by atoms with Crippen molar-refractivity contribution in [1.82, 2.24) is 9.80 Å². The molecule has 0 N–H and O–H groups in total. The molecule has 0 saturated carbocycles. The smallest absolute Gasteiger partial charge is 0.338 e. The van der Waals surface area contributed by atoms with E-state index in [1.54, 1.807) is 17.9 Å². The minimum Gasteiger partial charge on any atom is -0.338 e. The molecule has 4 aromatic rings. The number of hydrogen-bond acceptors (Lipinski definition) is 2. The second kappa shape index (κ2) is 16.7. The molecule has 1 fully saturated rings. The molecular formula is C45H51ClF6N4. The van der Waals surface area contributed by atoms with Crippen molar-refractivity contribution in [3.8, 4) is 0 Å². The Labute approximate surface area is 332 Å². The Kier molecular flexibility index (Phi) is 12.7. The number of amidine groups is 2. The monoisotopic (exact) mass is 796 g/mol. The zero-order valence-corrected chi connectivity index (χ0v) is 34.5. The summed E-state index contributed by atoms with van der Waals surface area (Å²) in [6.45, 7) is 20.9. The third-order valence-corrected chi connectivity index (χ3v) is 10.5. The third-order valence-electron chi connectivity index (χ3n) is 10.3. The molecule has 4 aromatic carbocycles. The highest BCUT2D eigenvalue weighted by atomic mass is 35.5. The molecule has 300 valence electrons. The van der Waals surface area contributed by atoms with Gasteiger partial charge in [-0.25, -0.2) is 9.98 Å². The predicted octanol–water partition coefficient (Wildman–Crippen LogP) is 13.8. The summed E-state index contributed by atoms with van der Waals surface area (Å²) < 4.78 is 86.5. The van der Waals surface area contributed by atoms with Gasteiger partial charge in [-0.1, -0.05) is 95.1 Å². The molecule has 11 heteroatoms. The first-order chi connectivity index (χ1) is 26.1. The van der Waals surface area contributed by atoms with E-state index >= 15 is 0 Å². The predicted molar refractivity (Wildman–Crippen MR) is 217 cm³/mol. The minimum atomic E-state index is -4.77. The number of nitrogens with zero attached hydrogens (tertiary/aromatic N) is 4. The lowest BCUT2D eigenvalue weighted by atomic mass is 9.91. The molecule has 56 heavy (non-hydrogen) atoms. The van der Waals surface area contributed by atoms with Crippen LogP contribution in [0.25, 0.3) is 0 Å². The van der Waals surface area contributed by atoms with E-state index in [2.05, 4.69) is 89.5 Å². The number of benzene rings is 4. The average Bonchev–Trinajstić information content (AvgIpc) is 3.09. The summed E-state index contributed by atoms with van der Waals surface area (Å²) in [5.41, 5.74) is 5.39. The minimum absolute atomic E-state index is 0.0424. The lowest BCUT2D eigenvalue weighted by Gasteiger charge is -2.40. The zero-order chi connectivity index (χ0) is 41.4. The maximum Gasteiger partial charge on any atom is 0.418 e. The number of halogens is 7. The van der Waals surface area contributed by atoms with Crippen LogP contribution < -0.4 is 0 Å². The van der Waals surface area contributed by atoms with Gasteiger partial charge in [-0.3, -0.25) is 0 Å². The molecule has 1 aliphatic heterocycles. The van der Waals surface area contributed by atoms with Crippen LogP contribution in [0.2, 0.25) is 5.02 Å². The topological polar surface area (TPSA) is 31.2 Å². The summed E-state index contributed by atoms with van der Waals surface area (Å²) in [5, 5.41) is -0.210. The van der Waals surface area contributed by atoms with Crippen LogP contribution in [-0.4, -0.2) is 41.2 Å². The number of rotatable bonds is 7. The molecule has 0 amide bonds. The molecule has 0 bridgehead atoms. The van der Waals surface area contributed by atoms with Crippen LogP contribution >= 0.6 is 11.6 Å². The zero-order valence-electron chi connectivity index (χ0n) is 33.8. The molecule has 0 aromatic heterocycles. The SMILES string of the molecule is Cc1cc(C)c(N=C(c2cc(Cl)cc(C(F)(F)F)c2)N2CCCN(C(=Nc3c(C(C)C)cccc3C(C)C)c3c(C)cc(C(C)C)cc3C)C2)c(C(F)(F)F)c1. The maximum absolute atomic E-state index is 14.6. The normalized spacial score (nSPS) is 14.9. The van der Waals surface area contributed by atoms with Crippen LogP contribution in [0.5, 0.6) is 0 Å². The first-order valence-corrected chi connectivity index (χ1v) is 19.4. The third kappa shape index (κ3) is 9.44. The van der Waals surface area contributed by atoms with E-state index in [-0.39, 0.29) is 52.1 Å². The van der Waals surface area contributed by atoms with Crippen molar-refractivity contribution in [3.05, 3.63) is 127 Å². The molecule has 0 spiro atoms. The summed E-state index contributed by atoms with van der Waals surface area (Å²) in [4.78, 5) is 14.0. The Hall–Kier alpha value is -4.31. The van der Waals surface area contributed by atoms with Gasteiger partial charge in [-0.15, -0.1) is 0 Å². The van der Waals surface area contributed by atoms with Gasteiger partial charge >= 0.3 is 12.4 Å². The van der Waals surface area contributed by atoms with Crippen LogP contribution in [0, 0.1) is 27.7 Å². The summed E-state index contributed by atoms with van der Waals surface area (Å²) in [7, 11) is 0. The first kappa shape index (κ1) is 42.8. The van der Waals surface area contributed by atoms with Crippen LogP contribution in [0.4, 0.5) is 37.7 Å². The summed E-state index contributed by atoms with van der Waals surface area (Å²) in [5.74, 6) is 1.22. The molecule has 1 saturated heterocycles. The Balaban J connectivity index is 1.79. The Morgan fingerprint density at radius 1 is 0.643 bits per heavy atom. The van der Waals surface area contributed by atoms with Crippen LogP contribution in [-0.2, 0) is 12.4 Å². The van der Waals surface area contributed by atoms with E-state index in [9.17, 15) is 26.3 Å². The molecule has 1 aliphatic rings. The number of aliphatic imine (C=N–C) groups is 2. The van der Waals surface area contributed by atoms with Crippen molar-refractivity contribution in [2.45, 2.75) is 106 Å². The van der Waals surface area contributed by atoms with Crippen LogP contribution in [0.15, 0.2) is 70.6 Å². The number of para-hydroxylation sites is 1. The summed E-state index contributed by atoms with van der Waals surface area (Å²) in [6, 6.07) is 16.2. The fourth-order valence-corrected chi connectivity index (χ4v) is 7.73. The van der Waals surface area contributed by atoms with Crippen molar-refractivity contribution in [1.29, 1.82) is 0 Å². The van der Waals surface area contributed by atoms with E-state index in [0.717, 1.165) is 51.7 Å². The van der Waals surface area contributed by atoms with E-state index in [1.165, 1.54) is 18.6 Å². The van der Waals surface area contributed by atoms with Crippen LogP contribution in [0.3, 0.4) is 0 Å². The highest BCUT2D eigenvalue weighted by molar-refractivity contribution is 6.31. The average molecular weight is 797 g/mol. The van der Waals surface area contributed by atoms with Gasteiger partial charge in [-0.05, 0) is 110 Å². The largest absolute Gasteiger partial charge is 0.418 e. The summed E-state index contributed by atoms with van der Waals surface area (Å²) in [6.07, 6.45) is -9.01. The van der Waals surface area contributed by atoms with Gasteiger partial charge < -0.3 is 9.80 Å². The first-order valence-electron chi connectivity index (χ1n) is 19.0. The highest BCUT2D eigenvalue weighted by Gasteiger charge is 2.37. The molecule has 0 radical (unpaired) electrons. The molecule has 1 heterocycles. The van der Waals surface area contributed by atoms with Gasteiger partial charge in [0.2, 0.25) is 0 Å². The van der Waals surface area contributed by atoms with E-state index in [1.807, 2.05) is 6.07 Å². The van der Waals surface area contributed by atoms with Crippen molar-refractivity contribution in [2.24, 2.45) is 9.98 Å². The quantitative estimate of drug-likeness (QED) is 0.106. The summed E-state index contributed by atoms with van der Waals surface area (Å²) >= 11 is 6.31. The number of hydrogen-bond donors (Lipinski definition) is 0. The van der Waals surface area contributed by atoms with Crippen LogP contribution in [0.1, 0.15) is 127 Å². The second-order valence-electron chi connectivity index (χ2n) is 15.9. The van der Waals surface area contributed by atoms with Gasteiger partial charge in [0.1, 0.15) is 11.7 Å². The Morgan fingerprint density at radius 2 is 1.20 bits per heavy atom. The Bertz CT molecular complexity index is 2100. The van der Waals surface area contributed by atoms with Crippen molar-refractivity contribution < 1.29 is 26.3 Å². The van der Waals surface area contributed by atoms with Gasteiger partial charge in [-0.2, -0.15) is 26.3 Å². The van der Waals surface area contributed by atoms with Crippen molar-refractivity contribution >= 4 is 34.6 Å². The molecule has 0 atom stereocenters.